The fourth-order valence-corrected chi connectivity index (χ4v) is 2.54. The van der Waals surface area contributed by atoms with Crippen LogP contribution in [0.3, 0.4) is 0 Å². The van der Waals surface area contributed by atoms with Crippen molar-refractivity contribution in [3.8, 4) is 0 Å². The van der Waals surface area contributed by atoms with Gasteiger partial charge in [0.15, 0.2) is 0 Å². The normalized spacial score (nSPS) is 23.6. The molecule has 0 spiro atoms. The number of likely N-dealkylation sites (tertiary alicyclic amines) is 1. The van der Waals surface area contributed by atoms with Gasteiger partial charge in [0.25, 0.3) is 0 Å². The van der Waals surface area contributed by atoms with Crippen LogP contribution >= 0.6 is 0 Å². The minimum atomic E-state index is 0.566. The summed E-state index contributed by atoms with van der Waals surface area (Å²) in [6.07, 6.45) is 2.70. The second kappa shape index (κ2) is 6.02. The van der Waals surface area contributed by atoms with Crippen LogP contribution in [-0.4, -0.2) is 37.1 Å². The highest BCUT2D eigenvalue weighted by Crippen LogP contribution is 2.31. The third kappa shape index (κ3) is 4.06. The zero-order valence-electron chi connectivity index (χ0n) is 11.8. The second-order valence-corrected chi connectivity index (χ2v) is 6.32. The van der Waals surface area contributed by atoms with Gasteiger partial charge in [0.2, 0.25) is 0 Å². The molecule has 0 radical (unpaired) electrons. The summed E-state index contributed by atoms with van der Waals surface area (Å²) < 4.78 is 0. The van der Waals surface area contributed by atoms with E-state index in [4.69, 9.17) is 0 Å². The van der Waals surface area contributed by atoms with Crippen molar-refractivity contribution in [3.05, 3.63) is 0 Å². The Morgan fingerprint density at radius 3 is 2.19 bits per heavy atom. The van der Waals surface area contributed by atoms with E-state index < -0.39 is 0 Å². The Bertz CT molecular complexity index is 189. The van der Waals surface area contributed by atoms with Gasteiger partial charge in [-0.1, -0.05) is 34.6 Å². The molecular weight excluding hydrogens is 196 g/mol. The quantitative estimate of drug-likeness (QED) is 0.775. The van der Waals surface area contributed by atoms with Crippen molar-refractivity contribution < 1.29 is 0 Å². The first-order valence-corrected chi connectivity index (χ1v) is 6.91. The van der Waals surface area contributed by atoms with Gasteiger partial charge in [-0.25, -0.2) is 0 Å². The maximum atomic E-state index is 3.51. The molecule has 2 nitrogen and oxygen atoms in total. The average molecular weight is 226 g/mol. The molecule has 1 saturated heterocycles. The highest BCUT2D eigenvalue weighted by molar-refractivity contribution is 4.84. The van der Waals surface area contributed by atoms with Crippen molar-refractivity contribution in [3.63, 3.8) is 0 Å². The fraction of sp³-hybridized carbons (Fsp3) is 1.00. The van der Waals surface area contributed by atoms with E-state index in [1.54, 1.807) is 0 Å². The molecule has 1 aliphatic heterocycles. The Morgan fingerprint density at radius 2 is 1.75 bits per heavy atom. The molecule has 1 unspecified atom stereocenters. The van der Waals surface area contributed by atoms with Crippen molar-refractivity contribution in [2.45, 2.75) is 53.5 Å². The Hall–Kier alpha value is -0.0800. The predicted octanol–water partition coefficient (Wildman–Crippen LogP) is 2.74. The van der Waals surface area contributed by atoms with Gasteiger partial charge in [-0.05, 0) is 43.8 Å². The van der Waals surface area contributed by atoms with Crippen LogP contribution in [-0.2, 0) is 0 Å². The van der Waals surface area contributed by atoms with Gasteiger partial charge in [-0.3, -0.25) is 4.90 Å². The summed E-state index contributed by atoms with van der Waals surface area (Å²) in [6, 6.07) is 0.719. The molecule has 1 fully saturated rings. The number of rotatable bonds is 5. The highest BCUT2D eigenvalue weighted by atomic mass is 15.2. The predicted molar refractivity (Wildman–Crippen MR) is 71.8 cm³/mol. The fourth-order valence-electron chi connectivity index (χ4n) is 2.54. The van der Waals surface area contributed by atoms with E-state index in [2.05, 4.69) is 44.8 Å². The Labute approximate surface area is 102 Å². The van der Waals surface area contributed by atoms with Crippen LogP contribution in [0.15, 0.2) is 0 Å². The van der Waals surface area contributed by atoms with Crippen LogP contribution in [0.1, 0.15) is 47.5 Å². The van der Waals surface area contributed by atoms with Gasteiger partial charge >= 0.3 is 0 Å². The van der Waals surface area contributed by atoms with Crippen LogP contribution in [0.5, 0.6) is 0 Å². The topological polar surface area (TPSA) is 15.3 Å². The molecule has 1 aliphatic rings. The first-order chi connectivity index (χ1) is 7.46. The van der Waals surface area contributed by atoms with E-state index in [0.717, 1.165) is 25.0 Å². The van der Waals surface area contributed by atoms with E-state index in [1.165, 1.54) is 25.9 Å². The van der Waals surface area contributed by atoms with Crippen molar-refractivity contribution in [1.29, 1.82) is 0 Å². The largest absolute Gasteiger partial charge is 0.315 e. The Balaban J connectivity index is 2.46. The van der Waals surface area contributed by atoms with Gasteiger partial charge in [0.05, 0.1) is 0 Å². The van der Waals surface area contributed by atoms with Crippen LogP contribution in [0.2, 0.25) is 0 Å². The lowest BCUT2D eigenvalue weighted by molar-refractivity contribution is 0.0732. The first kappa shape index (κ1) is 14.0. The number of nitrogens with one attached hydrogen (secondary N) is 1. The number of likely N-dealkylation sites (N-methyl/N-ethyl adjacent to an activating group) is 1. The molecule has 16 heavy (non-hydrogen) atoms. The van der Waals surface area contributed by atoms with Crippen LogP contribution in [0.4, 0.5) is 0 Å². The third-order valence-electron chi connectivity index (χ3n) is 3.99. The van der Waals surface area contributed by atoms with E-state index >= 15 is 0 Å². The molecule has 0 saturated carbocycles. The molecule has 96 valence electrons. The highest BCUT2D eigenvalue weighted by Gasteiger charge is 2.30. The molecule has 0 amide bonds. The monoisotopic (exact) mass is 226 g/mol. The van der Waals surface area contributed by atoms with Crippen LogP contribution in [0, 0.1) is 11.3 Å². The molecule has 0 aromatic carbocycles. The third-order valence-corrected chi connectivity index (χ3v) is 3.99. The standard InChI is InChI=1S/C14H30N2/c1-6-15-11-13(12(2)3)16-9-7-14(4,5)8-10-16/h12-13,15H,6-11H2,1-5H3. The summed E-state index contributed by atoms with van der Waals surface area (Å²) in [5.41, 5.74) is 0.566. The molecular formula is C14H30N2. The number of hydrogen-bond donors (Lipinski definition) is 1. The van der Waals surface area contributed by atoms with Crippen LogP contribution < -0.4 is 5.32 Å². The maximum Gasteiger partial charge on any atom is 0.0243 e. The minimum absolute atomic E-state index is 0.566. The van der Waals surface area contributed by atoms with E-state index in [9.17, 15) is 0 Å². The van der Waals surface area contributed by atoms with Gasteiger partial charge < -0.3 is 5.32 Å². The second-order valence-electron chi connectivity index (χ2n) is 6.32. The lowest BCUT2D eigenvalue weighted by Gasteiger charge is -2.42. The van der Waals surface area contributed by atoms with Gasteiger partial charge in [-0.15, -0.1) is 0 Å². The summed E-state index contributed by atoms with van der Waals surface area (Å²) in [7, 11) is 0. The van der Waals surface area contributed by atoms with Crippen molar-refractivity contribution >= 4 is 0 Å². The molecule has 0 aliphatic carbocycles. The summed E-state index contributed by atoms with van der Waals surface area (Å²) in [5, 5.41) is 3.51. The molecule has 0 aromatic heterocycles. The molecule has 1 atom stereocenters. The summed E-state index contributed by atoms with van der Waals surface area (Å²) >= 11 is 0. The average Bonchev–Trinajstić information content (AvgIpc) is 2.20. The molecule has 2 heteroatoms. The van der Waals surface area contributed by atoms with Gasteiger partial charge in [0, 0.05) is 12.6 Å². The minimum Gasteiger partial charge on any atom is -0.315 e. The lowest BCUT2D eigenvalue weighted by atomic mass is 9.81. The van der Waals surface area contributed by atoms with Crippen molar-refractivity contribution in [1.82, 2.24) is 10.2 Å². The molecule has 0 aromatic rings. The Morgan fingerprint density at radius 1 is 1.19 bits per heavy atom. The molecule has 1 rings (SSSR count). The number of nitrogens with zero attached hydrogens (tertiary/aromatic N) is 1. The molecule has 1 heterocycles. The smallest absolute Gasteiger partial charge is 0.0243 e. The lowest BCUT2D eigenvalue weighted by Crippen LogP contribution is -2.50. The zero-order valence-corrected chi connectivity index (χ0v) is 11.8. The SMILES string of the molecule is CCNCC(C(C)C)N1CCC(C)(C)CC1. The van der Waals surface area contributed by atoms with Crippen molar-refractivity contribution in [2.75, 3.05) is 26.2 Å². The van der Waals surface area contributed by atoms with Crippen LogP contribution in [0.25, 0.3) is 0 Å². The van der Waals surface area contributed by atoms with E-state index in [1.807, 2.05) is 0 Å². The number of hydrogen-bond acceptors (Lipinski definition) is 2. The Kier molecular flexibility index (Phi) is 5.26. The summed E-state index contributed by atoms with van der Waals surface area (Å²) in [6.45, 7) is 16.5. The van der Waals surface area contributed by atoms with Gasteiger partial charge in [0.1, 0.15) is 0 Å². The van der Waals surface area contributed by atoms with Crippen molar-refractivity contribution in [2.24, 2.45) is 11.3 Å². The zero-order chi connectivity index (χ0) is 12.2. The molecule has 1 N–H and O–H groups in total. The van der Waals surface area contributed by atoms with Gasteiger partial charge in [-0.2, -0.15) is 0 Å². The summed E-state index contributed by atoms with van der Waals surface area (Å²) in [4.78, 5) is 2.69. The summed E-state index contributed by atoms with van der Waals surface area (Å²) in [5.74, 6) is 0.750. The van der Waals surface area contributed by atoms with E-state index in [-0.39, 0.29) is 0 Å². The number of piperidine rings is 1. The molecule has 0 bridgehead atoms. The maximum absolute atomic E-state index is 3.51. The van der Waals surface area contributed by atoms with E-state index in [0.29, 0.717) is 5.41 Å². The first-order valence-electron chi connectivity index (χ1n) is 6.91.